The Hall–Kier alpha value is -3.02. The van der Waals surface area contributed by atoms with E-state index < -0.39 is 0 Å². The Morgan fingerprint density at radius 2 is 1.71 bits per heavy atom. The number of benzene rings is 2. The van der Waals surface area contributed by atoms with Crippen LogP contribution in [0, 0.1) is 6.92 Å². The number of aryl methyl sites for hydroxylation is 1. The maximum atomic E-state index is 12.2. The van der Waals surface area contributed by atoms with Crippen LogP contribution in [-0.4, -0.2) is 37.6 Å². The molecule has 0 atom stereocenters. The van der Waals surface area contributed by atoms with Crippen LogP contribution in [0.3, 0.4) is 0 Å². The summed E-state index contributed by atoms with van der Waals surface area (Å²) in [5.74, 6) is 1.54. The van der Waals surface area contributed by atoms with Crippen molar-refractivity contribution < 1.29 is 19.1 Å². The van der Waals surface area contributed by atoms with Gasteiger partial charge < -0.3 is 20.1 Å². The monoisotopic (exact) mass is 424 g/mol. The number of nitrogens with one attached hydrogen (secondary N) is 2. The van der Waals surface area contributed by atoms with Gasteiger partial charge in [0.15, 0.2) is 13.2 Å². The molecule has 31 heavy (non-hydrogen) atoms. The first-order chi connectivity index (χ1) is 14.9. The van der Waals surface area contributed by atoms with E-state index in [0.29, 0.717) is 30.7 Å². The summed E-state index contributed by atoms with van der Waals surface area (Å²) in [5, 5.41) is 5.79. The van der Waals surface area contributed by atoms with Gasteiger partial charge in [-0.05, 0) is 67.0 Å². The summed E-state index contributed by atoms with van der Waals surface area (Å²) in [4.78, 5) is 23.8. The average molecular weight is 425 g/mol. The van der Waals surface area contributed by atoms with E-state index in [1.807, 2.05) is 37.3 Å². The standard InChI is InChI=1S/C25H32N2O4/c1-17(2)22-11-4-18(3)14-23(22)31-15-24(28)26-13-12-19-5-9-21(10-6-19)30-16-25(29)27-20-7-8-20/h4-6,9-11,14,17,20H,7-8,12-13,15-16H2,1-3H3,(H,26,28)(H,27,29). The van der Waals surface area contributed by atoms with Gasteiger partial charge in [0.2, 0.25) is 0 Å². The summed E-state index contributed by atoms with van der Waals surface area (Å²) < 4.78 is 11.3. The molecule has 166 valence electrons. The Labute approximate surface area is 184 Å². The molecule has 1 aliphatic rings. The Kier molecular flexibility index (Phi) is 7.93. The fourth-order valence-corrected chi connectivity index (χ4v) is 3.18. The molecule has 1 aliphatic carbocycles. The van der Waals surface area contributed by atoms with E-state index in [2.05, 4.69) is 36.6 Å². The van der Waals surface area contributed by atoms with E-state index in [1.165, 1.54) is 0 Å². The number of hydrogen-bond acceptors (Lipinski definition) is 4. The quantitative estimate of drug-likeness (QED) is 0.579. The van der Waals surface area contributed by atoms with Crippen LogP contribution in [0.5, 0.6) is 11.5 Å². The van der Waals surface area contributed by atoms with Crippen molar-refractivity contribution in [3.63, 3.8) is 0 Å². The van der Waals surface area contributed by atoms with Gasteiger partial charge in [0.1, 0.15) is 11.5 Å². The minimum absolute atomic E-state index is 0.00112. The number of amides is 2. The topological polar surface area (TPSA) is 76.7 Å². The second-order valence-corrected chi connectivity index (χ2v) is 8.36. The third-order valence-electron chi connectivity index (χ3n) is 5.12. The van der Waals surface area contributed by atoms with Crippen LogP contribution in [0.25, 0.3) is 0 Å². The zero-order valence-electron chi connectivity index (χ0n) is 18.6. The lowest BCUT2D eigenvalue weighted by Gasteiger charge is -2.15. The van der Waals surface area contributed by atoms with Crippen molar-refractivity contribution in [2.45, 2.75) is 52.0 Å². The molecule has 6 heteroatoms. The first kappa shape index (κ1) is 22.7. The number of rotatable bonds is 11. The molecule has 2 amide bonds. The maximum absolute atomic E-state index is 12.2. The molecule has 0 spiro atoms. The fraction of sp³-hybridized carbons (Fsp3) is 0.440. The van der Waals surface area contributed by atoms with Gasteiger partial charge >= 0.3 is 0 Å². The van der Waals surface area contributed by atoms with Crippen molar-refractivity contribution in [2.24, 2.45) is 0 Å². The zero-order chi connectivity index (χ0) is 22.2. The largest absolute Gasteiger partial charge is 0.484 e. The lowest BCUT2D eigenvalue weighted by molar-refractivity contribution is -0.123. The highest BCUT2D eigenvalue weighted by Gasteiger charge is 2.23. The minimum Gasteiger partial charge on any atom is -0.484 e. The van der Waals surface area contributed by atoms with E-state index in [4.69, 9.17) is 9.47 Å². The molecule has 1 saturated carbocycles. The second-order valence-electron chi connectivity index (χ2n) is 8.36. The predicted octanol–water partition coefficient (Wildman–Crippen LogP) is 3.51. The molecule has 0 saturated heterocycles. The van der Waals surface area contributed by atoms with Crippen LogP contribution in [0.1, 0.15) is 49.3 Å². The lowest BCUT2D eigenvalue weighted by atomic mass is 10.0. The smallest absolute Gasteiger partial charge is 0.258 e. The summed E-state index contributed by atoms with van der Waals surface area (Å²) in [6, 6.07) is 14.0. The summed E-state index contributed by atoms with van der Waals surface area (Å²) in [7, 11) is 0. The number of carbonyl (C=O) groups excluding carboxylic acids is 2. The Balaban J connectivity index is 1.36. The van der Waals surface area contributed by atoms with Crippen LogP contribution in [-0.2, 0) is 16.0 Å². The SMILES string of the molecule is Cc1ccc(C(C)C)c(OCC(=O)NCCc2ccc(OCC(=O)NC3CC3)cc2)c1. The zero-order valence-corrected chi connectivity index (χ0v) is 18.6. The maximum Gasteiger partial charge on any atom is 0.258 e. The minimum atomic E-state index is -0.141. The van der Waals surface area contributed by atoms with Crippen LogP contribution < -0.4 is 20.1 Å². The van der Waals surface area contributed by atoms with Crippen molar-refractivity contribution in [2.75, 3.05) is 19.8 Å². The number of carbonyl (C=O) groups is 2. The van der Waals surface area contributed by atoms with Gasteiger partial charge in [0.25, 0.3) is 11.8 Å². The van der Waals surface area contributed by atoms with Crippen LogP contribution in [0.15, 0.2) is 42.5 Å². The van der Waals surface area contributed by atoms with E-state index in [-0.39, 0.29) is 25.0 Å². The highest BCUT2D eigenvalue weighted by molar-refractivity contribution is 5.78. The molecule has 2 aromatic rings. The molecule has 0 unspecified atom stereocenters. The van der Waals surface area contributed by atoms with E-state index in [9.17, 15) is 9.59 Å². The van der Waals surface area contributed by atoms with Gasteiger partial charge in [0.05, 0.1) is 0 Å². The Morgan fingerprint density at radius 3 is 2.39 bits per heavy atom. The van der Waals surface area contributed by atoms with Gasteiger partial charge in [-0.1, -0.05) is 38.1 Å². The summed E-state index contributed by atoms with van der Waals surface area (Å²) in [6.45, 7) is 6.78. The molecular weight excluding hydrogens is 392 g/mol. The molecular formula is C25H32N2O4. The summed E-state index contributed by atoms with van der Waals surface area (Å²) in [5.41, 5.74) is 3.29. The van der Waals surface area contributed by atoms with Crippen LogP contribution in [0.4, 0.5) is 0 Å². The van der Waals surface area contributed by atoms with E-state index in [0.717, 1.165) is 35.3 Å². The van der Waals surface area contributed by atoms with Gasteiger partial charge in [-0.25, -0.2) is 0 Å². The summed E-state index contributed by atoms with van der Waals surface area (Å²) in [6.07, 6.45) is 2.83. The molecule has 3 rings (SSSR count). The van der Waals surface area contributed by atoms with Crippen molar-refractivity contribution in [1.82, 2.24) is 10.6 Å². The molecule has 2 N–H and O–H groups in total. The summed E-state index contributed by atoms with van der Waals surface area (Å²) >= 11 is 0. The highest BCUT2D eigenvalue weighted by atomic mass is 16.5. The fourth-order valence-electron chi connectivity index (χ4n) is 3.18. The van der Waals surface area contributed by atoms with Gasteiger partial charge in [-0.15, -0.1) is 0 Å². The number of hydrogen-bond donors (Lipinski definition) is 2. The predicted molar refractivity (Wildman–Crippen MR) is 121 cm³/mol. The first-order valence-electron chi connectivity index (χ1n) is 10.9. The number of ether oxygens (including phenoxy) is 2. The first-order valence-corrected chi connectivity index (χ1v) is 10.9. The Morgan fingerprint density at radius 1 is 1.00 bits per heavy atom. The molecule has 0 bridgehead atoms. The van der Waals surface area contributed by atoms with Gasteiger partial charge in [0, 0.05) is 12.6 Å². The van der Waals surface area contributed by atoms with Crippen LogP contribution >= 0.6 is 0 Å². The average Bonchev–Trinajstić information content (AvgIpc) is 3.55. The van der Waals surface area contributed by atoms with Crippen molar-refractivity contribution in [3.8, 4) is 11.5 Å². The molecule has 0 aliphatic heterocycles. The molecule has 0 aromatic heterocycles. The molecule has 0 radical (unpaired) electrons. The van der Waals surface area contributed by atoms with E-state index in [1.54, 1.807) is 0 Å². The van der Waals surface area contributed by atoms with E-state index >= 15 is 0 Å². The molecule has 0 heterocycles. The molecule has 2 aromatic carbocycles. The molecule has 6 nitrogen and oxygen atoms in total. The van der Waals surface area contributed by atoms with Crippen molar-refractivity contribution in [1.29, 1.82) is 0 Å². The van der Waals surface area contributed by atoms with Crippen LogP contribution in [0.2, 0.25) is 0 Å². The normalized spacial score (nSPS) is 13.0. The Bertz CT molecular complexity index is 889. The third-order valence-corrected chi connectivity index (χ3v) is 5.12. The van der Waals surface area contributed by atoms with Gasteiger partial charge in [-0.3, -0.25) is 9.59 Å². The third kappa shape index (κ3) is 7.63. The van der Waals surface area contributed by atoms with Crippen molar-refractivity contribution >= 4 is 11.8 Å². The second kappa shape index (κ2) is 10.8. The highest BCUT2D eigenvalue weighted by Crippen LogP contribution is 2.27. The lowest BCUT2D eigenvalue weighted by Crippen LogP contribution is -2.30. The van der Waals surface area contributed by atoms with Gasteiger partial charge in [-0.2, -0.15) is 0 Å². The van der Waals surface area contributed by atoms with Crippen molar-refractivity contribution in [3.05, 3.63) is 59.2 Å². The molecule has 1 fully saturated rings.